The molecule has 2 N–H and O–H groups in total. The van der Waals surface area contributed by atoms with Gasteiger partial charge in [-0.15, -0.1) is 24.8 Å². The number of hydrogen-bond donors (Lipinski definition) is 2. The molecule has 1 aliphatic rings. The Bertz CT molecular complexity index is 422. The van der Waals surface area contributed by atoms with Crippen LogP contribution in [0.1, 0.15) is 0 Å². The minimum Gasteiger partial charge on any atom is -0.325 e. The highest BCUT2D eigenvalue weighted by Crippen LogP contribution is 2.12. The molecule has 1 amide bonds. The van der Waals surface area contributed by atoms with E-state index < -0.39 is 11.6 Å². The Labute approximate surface area is 128 Å². The van der Waals surface area contributed by atoms with Crippen LogP contribution in [0, 0.1) is 11.6 Å². The first-order valence-corrected chi connectivity index (χ1v) is 5.82. The second-order valence-electron chi connectivity index (χ2n) is 4.23. The molecule has 0 saturated carbocycles. The van der Waals surface area contributed by atoms with Gasteiger partial charge in [0.15, 0.2) is 0 Å². The summed E-state index contributed by atoms with van der Waals surface area (Å²) in [6.45, 7) is 3.53. The molecule has 0 spiro atoms. The van der Waals surface area contributed by atoms with E-state index in [9.17, 15) is 13.6 Å². The van der Waals surface area contributed by atoms with E-state index in [1.807, 2.05) is 4.90 Å². The molecule has 1 heterocycles. The summed E-state index contributed by atoms with van der Waals surface area (Å²) in [4.78, 5) is 13.7. The van der Waals surface area contributed by atoms with Crippen molar-refractivity contribution in [3.05, 3.63) is 29.8 Å². The zero-order valence-corrected chi connectivity index (χ0v) is 12.3. The van der Waals surface area contributed by atoms with Gasteiger partial charge in [-0.2, -0.15) is 0 Å². The third-order valence-corrected chi connectivity index (χ3v) is 2.72. The third kappa shape index (κ3) is 6.00. The van der Waals surface area contributed by atoms with Crippen LogP contribution in [0.2, 0.25) is 0 Å². The van der Waals surface area contributed by atoms with Crippen LogP contribution in [0.3, 0.4) is 0 Å². The molecule has 8 heteroatoms. The Morgan fingerprint density at radius 2 is 1.70 bits per heavy atom. The fraction of sp³-hybridized carbons (Fsp3) is 0.417. The minimum absolute atomic E-state index is 0. The third-order valence-electron chi connectivity index (χ3n) is 2.72. The number of nitrogens with one attached hydrogen (secondary N) is 2. The lowest BCUT2D eigenvalue weighted by molar-refractivity contribution is -0.117. The first-order valence-electron chi connectivity index (χ1n) is 5.82. The molecular weight excluding hydrogens is 311 g/mol. The maximum atomic E-state index is 12.9. The summed E-state index contributed by atoms with van der Waals surface area (Å²) in [5, 5.41) is 5.67. The van der Waals surface area contributed by atoms with Gasteiger partial charge in [0, 0.05) is 37.9 Å². The van der Waals surface area contributed by atoms with Gasteiger partial charge in [-0.3, -0.25) is 9.69 Å². The Morgan fingerprint density at radius 3 is 2.25 bits per heavy atom. The van der Waals surface area contributed by atoms with E-state index in [-0.39, 0.29) is 43.0 Å². The standard InChI is InChI=1S/C12H15F2N3O.2ClH/c13-9-5-10(14)7-11(6-9)16-12(18)8-17-3-1-15-2-4-17;;/h5-7,15H,1-4,8H2,(H,16,18);2*1H. The van der Waals surface area contributed by atoms with Gasteiger partial charge in [-0.1, -0.05) is 0 Å². The Kier molecular flexibility index (Phi) is 8.64. The van der Waals surface area contributed by atoms with Crippen LogP contribution in [0.25, 0.3) is 0 Å². The van der Waals surface area contributed by atoms with E-state index in [4.69, 9.17) is 0 Å². The summed E-state index contributed by atoms with van der Waals surface area (Å²) in [6, 6.07) is 2.96. The molecule has 114 valence electrons. The van der Waals surface area contributed by atoms with Crippen molar-refractivity contribution in [2.24, 2.45) is 0 Å². The molecule has 20 heavy (non-hydrogen) atoms. The van der Waals surface area contributed by atoms with Crippen molar-refractivity contribution in [3.63, 3.8) is 0 Å². The van der Waals surface area contributed by atoms with Gasteiger partial charge in [-0.05, 0) is 12.1 Å². The topological polar surface area (TPSA) is 44.4 Å². The second kappa shape index (κ2) is 9.07. The average Bonchev–Trinajstić information content (AvgIpc) is 2.28. The molecule has 1 aromatic carbocycles. The molecule has 0 radical (unpaired) electrons. The number of hydrogen-bond acceptors (Lipinski definition) is 3. The smallest absolute Gasteiger partial charge is 0.238 e. The van der Waals surface area contributed by atoms with Crippen LogP contribution in [0.15, 0.2) is 18.2 Å². The van der Waals surface area contributed by atoms with Crippen LogP contribution >= 0.6 is 24.8 Å². The summed E-state index contributed by atoms with van der Waals surface area (Å²) in [5.74, 6) is -1.66. The zero-order chi connectivity index (χ0) is 13.0. The van der Waals surface area contributed by atoms with E-state index >= 15 is 0 Å². The second-order valence-corrected chi connectivity index (χ2v) is 4.23. The SMILES string of the molecule is Cl.Cl.O=C(CN1CCNCC1)Nc1cc(F)cc(F)c1. The van der Waals surface area contributed by atoms with E-state index in [0.29, 0.717) is 0 Å². The van der Waals surface area contributed by atoms with Crippen molar-refractivity contribution in [1.29, 1.82) is 0 Å². The van der Waals surface area contributed by atoms with E-state index in [2.05, 4.69) is 10.6 Å². The van der Waals surface area contributed by atoms with Crippen LogP contribution in [-0.2, 0) is 4.79 Å². The number of carbonyl (C=O) groups excluding carboxylic acids is 1. The van der Waals surface area contributed by atoms with Crippen LogP contribution in [0.5, 0.6) is 0 Å². The summed E-state index contributed by atoms with van der Waals surface area (Å²) in [5.41, 5.74) is 0.146. The van der Waals surface area contributed by atoms with Gasteiger partial charge in [0.05, 0.1) is 6.54 Å². The van der Waals surface area contributed by atoms with E-state index in [1.54, 1.807) is 0 Å². The van der Waals surface area contributed by atoms with Crippen molar-refractivity contribution < 1.29 is 13.6 Å². The lowest BCUT2D eigenvalue weighted by Crippen LogP contribution is -2.46. The first-order chi connectivity index (χ1) is 8.63. The number of halogens is 4. The Hall–Kier alpha value is -0.950. The van der Waals surface area contributed by atoms with Crippen LogP contribution < -0.4 is 10.6 Å². The molecule has 2 rings (SSSR count). The van der Waals surface area contributed by atoms with Crippen molar-refractivity contribution in [2.45, 2.75) is 0 Å². The summed E-state index contributed by atoms with van der Waals surface area (Å²) < 4.78 is 25.9. The summed E-state index contributed by atoms with van der Waals surface area (Å²) in [7, 11) is 0. The first kappa shape index (κ1) is 19.1. The number of benzene rings is 1. The van der Waals surface area contributed by atoms with Gasteiger partial charge < -0.3 is 10.6 Å². The highest BCUT2D eigenvalue weighted by Gasteiger charge is 2.13. The minimum atomic E-state index is -0.701. The van der Waals surface area contributed by atoms with Gasteiger partial charge in [0.25, 0.3) is 0 Å². The molecule has 0 atom stereocenters. The predicted molar refractivity (Wildman–Crippen MR) is 78.8 cm³/mol. The fourth-order valence-electron chi connectivity index (χ4n) is 1.90. The lowest BCUT2D eigenvalue weighted by atomic mass is 10.3. The quantitative estimate of drug-likeness (QED) is 0.887. The van der Waals surface area contributed by atoms with Gasteiger partial charge in [0.1, 0.15) is 11.6 Å². The predicted octanol–water partition coefficient (Wildman–Crippen LogP) is 1.65. The number of anilines is 1. The Morgan fingerprint density at radius 1 is 1.15 bits per heavy atom. The molecule has 1 aromatic rings. The molecule has 0 bridgehead atoms. The van der Waals surface area contributed by atoms with Crippen LogP contribution in [-0.4, -0.2) is 43.5 Å². The lowest BCUT2D eigenvalue weighted by Gasteiger charge is -2.26. The maximum Gasteiger partial charge on any atom is 0.238 e. The summed E-state index contributed by atoms with van der Waals surface area (Å²) in [6.07, 6.45) is 0. The molecule has 4 nitrogen and oxygen atoms in total. The number of piperazine rings is 1. The number of carbonyl (C=O) groups is 1. The van der Waals surface area contributed by atoms with Gasteiger partial charge >= 0.3 is 0 Å². The zero-order valence-electron chi connectivity index (χ0n) is 10.7. The van der Waals surface area contributed by atoms with Gasteiger partial charge in [0.2, 0.25) is 5.91 Å². The van der Waals surface area contributed by atoms with Crippen molar-refractivity contribution in [1.82, 2.24) is 10.2 Å². The largest absolute Gasteiger partial charge is 0.325 e. The molecular formula is C12H17Cl2F2N3O. The highest BCUT2D eigenvalue weighted by atomic mass is 35.5. The molecule has 0 aliphatic carbocycles. The molecule has 0 aromatic heterocycles. The van der Waals surface area contributed by atoms with E-state index in [0.717, 1.165) is 44.4 Å². The molecule has 1 saturated heterocycles. The highest BCUT2D eigenvalue weighted by molar-refractivity contribution is 5.92. The maximum absolute atomic E-state index is 12.9. The van der Waals surface area contributed by atoms with Crippen molar-refractivity contribution in [2.75, 3.05) is 38.0 Å². The van der Waals surface area contributed by atoms with Crippen molar-refractivity contribution in [3.8, 4) is 0 Å². The Balaban J connectivity index is 0.00000180. The van der Waals surface area contributed by atoms with Gasteiger partial charge in [-0.25, -0.2) is 8.78 Å². The van der Waals surface area contributed by atoms with Crippen LogP contribution in [0.4, 0.5) is 14.5 Å². The summed E-state index contributed by atoms with van der Waals surface area (Å²) >= 11 is 0. The number of amides is 1. The molecule has 1 fully saturated rings. The monoisotopic (exact) mass is 327 g/mol. The average molecular weight is 328 g/mol. The van der Waals surface area contributed by atoms with E-state index in [1.165, 1.54) is 0 Å². The number of rotatable bonds is 3. The normalized spacial score (nSPS) is 14.9. The fourth-order valence-corrected chi connectivity index (χ4v) is 1.90. The molecule has 0 unspecified atom stereocenters. The molecule has 1 aliphatic heterocycles. The van der Waals surface area contributed by atoms with Crippen molar-refractivity contribution >= 4 is 36.4 Å². The number of nitrogens with zero attached hydrogens (tertiary/aromatic N) is 1.